The van der Waals surface area contributed by atoms with Crippen molar-refractivity contribution in [2.75, 3.05) is 0 Å². The molecule has 1 aromatic rings. The molecule has 0 N–H and O–H groups in total. The van der Waals surface area contributed by atoms with Gasteiger partial charge in [0, 0.05) is 11.3 Å². The molecule has 2 rings (SSSR count). The molecule has 2 atom stereocenters. The van der Waals surface area contributed by atoms with Crippen LogP contribution in [0.15, 0.2) is 24.3 Å². The van der Waals surface area contributed by atoms with Crippen LogP contribution in [0.3, 0.4) is 0 Å². The summed E-state index contributed by atoms with van der Waals surface area (Å²) in [5.74, 6) is 1.47. The van der Waals surface area contributed by atoms with E-state index in [9.17, 15) is 0 Å². The standard InChI is InChI=1S/C15H21ClO/c1-11(2)17-15-10-6-4-8-13(15)12-7-3-5-9-14(12)16/h4,6,8,10-12,14H,3,5,7,9H2,1-2H3. The maximum absolute atomic E-state index is 6.47. The van der Waals surface area contributed by atoms with Gasteiger partial charge in [-0.05, 0) is 38.3 Å². The van der Waals surface area contributed by atoms with Crippen molar-refractivity contribution in [3.63, 3.8) is 0 Å². The molecule has 1 fully saturated rings. The minimum atomic E-state index is 0.216. The van der Waals surface area contributed by atoms with E-state index in [0.717, 1.165) is 12.2 Å². The minimum absolute atomic E-state index is 0.216. The van der Waals surface area contributed by atoms with E-state index in [-0.39, 0.29) is 11.5 Å². The highest BCUT2D eigenvalue weighted by atomic mass is 35.5. The molecule has 0 amide bonds. The number of para-hydroxylation sites is 1. The van der Waals surface area contributed by atoms with Crippen molar-refractivity contribution in [3.05, 3.63) is 29.8 Å². The molecular weight excluding hydrogens is 232 g/mol. The molecule has 2 unspecified atom stereocenters. The zero-order chi connectivity index (χ0) is 12.3. The van der Waals surface area contributed by atoms with Crippen LogP contribution in [0.5, 0.6) is 5.75 Å². The zero-order valence-electron chi connectivity index (χ0n) is 10.7. The second-order valence-corrected chi connectivity index (χ2v) is 5.67. The van der Waals surface area contributed by atoms with Crippen LogP contribution >= 0.6 is 11.6 Å². The first-order chi connectivity index (χ1) is 8.18. The quantitative estimate of drug-likeness (QED) is 0.706. The highest BCUT2D eigenvalue weighted by Crippen LogP contribution is 2.40. The third-order valence-corrected chi connectivity index (χ3v) is 3.89. The fraction of sp³-hybridized carbons (Fsp3) is 0.600. The van der Waals surface area contributed by atoms with Gasteiger partial charge in [-0.25, -0.2) is 0 Å². The molecule has 1 aromatic carbocycles. The molecule has 0 bridgehead atoms. The van der Waals surface area contributed by atoms with Crippen LogP contribution < -0.4 is 4.74 Å². The maximum atomic E-state index is 6.47. The van der Waals surface area contributed by atoms with E-state index in [4.69, 9.17) is 16.3 Å². The van der Waals surface area contributed by atoms with Gasteiger partial charge in [-0.1, -0.05) is 31.0 Å². The SMILES string of the molecule is CC(C)Oc1ccccc1C1CCCCC1Cl. The largest absolute Gasteiger partial charge is 0.491 e. The lowest BCUT2D eigenvalue weighted by Gasteiger charge is -2.29. The Bertz CT molecular complexity index is 362. The van der Waals surface area contributed by atoms with Gasteiger partial charge in [0.05, 0.1) is 6.10 Å². The van der Waals surface area contributed by atoms with Gasteiger partial charge in [-0.2, -0.15) is 0 Å². The molecule has 1 aliphatic carbocycles. The molecule has 0 spiro atoms. The molecule has 94 valence electrons. The van der Waals surface area contributed by atoms with Crippen LogP contribution in [0, 0.1) is 0 Å². The van der Waals surface area contributed by atoms with Gasteiger partial charge < -0.3 is 4.74 Å². The van der Waals surface area contributed by atoms with Crippen molar-refractivity contribution in [1.29, 1.82) is 0 Å². The summed E-state index contributed by atoms with van der Waals surface area (Å²) >= 11 is 6.47. The number of ether oxygens (including phenoxy) is 1. The van der Waals surface area contributed by atoms with E-state index in [0.29, 0.717) is 5.92 Å². The first kappa shape index (κ1) is 12.8. The van der Waals surface area contributed by atoms with Gasteiger partial charge in [0.1, 0.15) is 5.75 Å². The number of halogens is 1. The van der Waals surface area contributed by atoms with Crippen LogP contribution in [0.4, 0.5) is 0 Å². The average Bonchev–Trinajstić information content (AvgIpc) is 2.30. The summed E-state index contributed by atoms with van der Waals surface area (Å²) in [6.45, 7) is 4.13. The molecule has 17 heavy (non-hydrogen) atoms. The van der Waals surface area contributed by atoms with E-state index in [1.165, 1.54) is 24.8 Å². The Morgan fingerprint density at radius 1 is 1.18 bits per heavy atom. The van der Waals surface area contributed by atoms with Crippen LogP contribution in [-0.4, -0.2) is 11.5 Å². The summed E-state index contributed by atoms with van der Waals surface area (Å²) < 4.78 is 5.89. The lowest BCUT2D eigenvalue weighted by Crippen LogP contribution is -2.19. The van der Waals surface area contributed by atoms with Crippen LogP contribution in [0.25, 0.3) is 0 Å². The first-order valence-electron chi connectivity index (χ1n) is 6.58. The van der Waals surface area contributed by atoms with Crippen molar-refractivity contribution in [2.24, 2.45) is 0 Å². The Balaban J connectivity index is 2.23. The second-order valence-electron chi connectivity index (χ2n) is 5.11. The normalized spacial score (nSPS) is 24.9. The van der Waals surface area contributed by atoms with Crippen molar-refractivity contribution in [3.8, 4) is 5.75 Å². The lowest BCUT2D eigenvalue weighted by molar-refractivity contribution is 0.237. The van der Waals surface area contributed by atoms with Gasteiger partial charge in [0.2, 0.25) is 0 Å². The summed E-state index contributed by atoms with van der Waals surface area (Å²) in [6, 6.07) is 8.35. The van der Waals surface area contributed by atoms with Crippen molar-refractivity contribution < 1.29 is 4.74 Å². The Morgan fingerprint density at radius 2 is 1.88 bits per heavy atom. The molecule has 0 saturated heterocycles. The molecule has 1 saturated carbocycles. The van der Waals surface area contributed by atoms with E-state index in [1.807, 2.05) is 6.07 Å². The van der Waals surface area contributed by atoms with Gasteiger partial charge >= 0.3 is 0 Å². The van der Waals surface area contributed by atoms with Crippen LogP contribution in [0.1, 0.15) is 51.0 Å². The lowest BCUT2D eigenvalue weighted by atomic mass is 9.83. The highest BCUT2D eigenvalue weighted by Gasteiger charge is 2.27. The van der Waals surface area contributed by atoms with E-state index >= 15 is 0 Å². The fourth-order valence-electron chi connectivity index (χ4n) is 2.58. The number of alkyl halides is 1. The fourth-order valence-corrected chi connectivity index (χ4v) is 3.00. The predicted octanol–water partition coefficient (Wildman–Crippen LogP) is 4.74. The monoisotopic (exact) mass is 252 g/mol. The Kier molecular flexibility index (Phi) is 4.33. The van der Waals surface area contributed by atoms with Gasteiger partial charge in [-0.15, -0.1) is 11.6 Å². The molecular formula is C15H21ClO. The van der Waals surface area contributed by atoms with Gasteiger partial charge in [0.15, 0.2) is 0 Å². The Morgan fingerprint density at radius 3 is 2.59 bits per heavy atom. The third-order valence-electron chi connectivity index (χ3n) is 3.36. The summed E-state index contributed by atoms with van der Waals surface area (Å²) in [5.41, 5.74) is 1.29. The number of hydrogen-bond acceptors (Lipinski definition) is 1. The van der Waals surface area contributed by atoms with Crippen molar-refractivity contribution >= 4 is 11.6 Å². The second kappa shape index (κ2) is 5.77. The summed E-state index contributed by atoms with van der Waals surface area (Å²) in [6.07, 6.45) is 5.07. The van der Waals surface area contributed by atoms with Crippen molar-refractivity contribution in [2.45, 2.75) is 56.9 Å². The Hall–Kier alpha value is -0.690. The van der Waals surface area contributed by atoms with E-state index in [2.05, 4.69) is 32.0 Å². The van der Waals surface area contributed by atoms with E-state index in [1.54, 1.807) is 0 Å². The molecule has 0 aliphatic heterocycles. The first-order valence-corrected chi connectivity index (χ1v) is 7.02. The Labute approximate surface area is 109 Å². The van der Waals surface area contributed by atoms with Gasteiger partial charge in [-0.3, -0.25) is 0 Å². The number of hydrogen-bond donors (Lipinski definition) is 0. The highest BCUT2D eigenvalue weighted by molar-refractivity contribution is 6.21. The molecule has 0 radical (unpaired) electrons. The van der Waals surface area contributed by atoms with E-state index < -0.39 is 0 Å². The third kappa shape index (κ3) is 3.16. The minimum Gasteiger partial charge on any atom is -0.491 e. The predicted molar refractivity (Wildman–Crippen MR) is 73.1 cm³/mol. The molecule has 0 aromatic heterocycles. The van der Waals surface area contributed by atoms with Crippen molar-refractivity contribution in [1.82, 2.24) is 0 Å². The zero-order valence-corrected chi connectivity index (χ0v) is 11.4. The molecule has 0 heterocycles. The van der Waals surface area contributed by atoms with Gasteiger partial charge in [0.25, 0.3) is 0 Å². The van der Waals surface area contributed by atoms with Crippen LogP contribution in [-0.2, 0) is 0 Å². The summed E-state index contributed by atoms with van der Waals surface area (Å²) in [7, 11) is 0. The summed E-state index contributed by atoms with van der Waals surface area (Å²) in [4.78, 5) is 0. The number of benzene rings is 1. The maximum Gasteiger partial charge on any atom is 0.123 e. The molecule has 2 heteroatoms. The summed E-state index contributed by atoms with van der Waals surface area (Å²) in [5, 5.41) is 0.265. The van der Waals surface area contributed by atoms with Crippen LogP contribution in [0.2, 0.25) is 0 Å². The smallest absolute Gasteiger partial charge is 0.123 e. The molecule has 1 nitrogen and oxygen atoms in total. The average molecular weight is 253 g/mol. The number of rotatable bonds is 3. The topological polar surface area (TPSA) is 9.23 Å². The molecule has 1 aliphatic rings.